The van der Waals surface area contributed by atoms with Crippen LogP contribution in [0.4, 0.5) is 0 Å². The molecule has 5 rings (SSSR count). The average Bonchev–Trinajstić information content (AvgIpc) is 3.12. The normalized spacial score (nSPS) is 21.6. The van der Waals surface area contributed by atoms with Gasteiger partial charge in [-0.2, -0.15) is 0 Å². The maximum atomic E-state index is 12.3. The van der Waals surface area contributed by atoms with Crippen LogP contribution in [0.25, 0.3) is 16.5 Å². The Morgan fingerprint density at radius 1 is 1.19 bits per heavy atom. The molecule has 0 saturated carbocycles. The lowest BCUT2D eigenvalue weighted by Crippen LogP contribution is -2.43. The van der Waals surface area contributed by atoms with Crippen molar-refractivity contribution in [1.29, 1.82) is 0 Å². The molecule has 2 aliphatic rings. The lowest BCUT2D eigenvalue weighted by atomic mass is 9.80. The van der Waals surface area contributed by atoms with E-state index in [1.807, 2.05) is 18.2 Å². The van der Waals surface area contributed by atoms with Gasteiger partial charge in [-0.3, -0.25) is 4.90 Å². The van der Waals surface area contributed by atoms with Crippen LogP contribution in [0, 0.1) is 5.92 Å². The van der Waals surface area contributed by atoms with Gasteiger partial charge in [-0.1, -0.05) is 36.4 Å². The minimum Gasteiger partial charge on any atom is -0.461 e. The first kappa shape index (κ1) is 16.3. The fourth-order valence-corrected chi connectivity index (χ4v) is 4.49. The molecule has 136 valence electrons. The molecule has 0 fully saturated rings. The van der Waals surface area contributed by atoms with Gasteiger partial charge < -0.3 is 9.72 Å². The predicted molar refractivity (Wildman–Crippen MR) is 107 cm³/mol. The molecule has 1 aliphatic heterocycles. The molecule has 1 N–H and O–H groups in total. The van der Waals surface area contributed by atoms with Crippen LogP contribution < -0.4 is 0 Å². The zero-order valence-electron chi connectivity index (χ0n) is 15.3. The van der Waals surface area contributed by atoms with Crippen molar-refractivity contribution in [2.24, 2.45) is 5.92 Å². The Balaban J connectivity index is 1.42. The second-order valence-corrected chi connectivity index (χ2v) is 7.55. The van der Waals surface area contributed by atoms with Crippen molar-refractivity contribution >= 4 is 22.4 Å². The summed E-state index contributed by atoms with van der Waals surface area (Å²) in [6.45, 7) is 1.30. The first-order valence-corrected chi connectivity index (χ1v) is 9.44. The van der Waals surface area contributed by atoms with E-state index in [0.717, 1.165) is 13.0 Å². The number of hydrogen-bond donors (Lipinski definition) is 1. The molecule has 1 aliphatic carbocycles. The number of aromatic nitrogens is 1. The topological polar surface area (TPSA) is 45.3 Å². The molecule has 0 spiro atoms. The van der Waals surface area contributed by atoms with Crippen LogP contribution in [0.2, 0.25) is 0 Å². The highest BCUT2D eigenvalue weighted by atomic mass is 16.5. The molecular formula is C23H22N2O2. The quantitative estimate of drug-likeness (QED) is 0.723. The number of rotatable bonds is 3. The molecule has 0 amide bonds. The smallest absolute Gasteiger partial charge is 0.338 e. The van der Waals surface area contributed by atoms with Gasteiger partial charge in [-0.15, -0.1) is 0 Å². The first-order chi connectivity index (χ1) is 13.2. The number of likely N-dealkylation sites (N-methyl/N-ethyl adjacent to an activating group) is 1. The first-order valence-electron chi connectivity index (χ1n) is 9.44. The number of aromatic amines is 1. The fourth-order valence-electron chi connectivity index (χ4n) is 4.49. The van der Waals surface area contributed by atoms with E-state index in [1.165, 1.54) is 27.6 Å². The molecule has 4 nitrogen and oxygen atoms in total. The van der Waals surface area contributed by atoms with Gasteiger partial charge in [-0.05, 0) is 48.4 Å². The summed E-state index contributed by atoms with van der Waals surface area (Å²) in [6, 6.07) is 16.0. The zero-order chi connectivity index (χ0) is 18.4. The van der Waals surface area contributed by atoms with Crippen molar-refractivity contribution in [3.63, 3.8) is 0 Å². The van der Waals surface area contributed by atoms with Gasteiger partial charge in [0.2, 0.25) is 0 Å². The van der Waals surface area contributed by atoms with Crippen molar-refractivity contribution in [2.75, 3.05) is 20.2 Å². The Morgan fingerprint density at radius 2 is 2.04 bits per heavy atom. The third-order valence-corrected chi connectivity index (χ3v) is 5.78. The number of fused-ring (bicyclic) bond motifs is 2. The van der Waals surface area contributed by atoms with E-state index < -0.39 is 0 Å². The molecule has 27 heavy (non-hydrogen) atoms. The molecule has 0 unspecified atom stereocenters. The van der Waals surface area contributed by atoms with Crippen LogP contribution in [-0.4, -0.2) is 42.1 Å². The number of nitrogens with zero attached hydrogens (tertiary/aromatic N) is 1. The number of carbonyl (C=O) groups is 1. The third-order valence-electron chi connectivity index (χ3n) is 5.78. The Bertz CT molecular complexity index is 1030. The Morgan fingerprint density at radius 3 is 2.89 bits per heavy atom. The summed E-state index contributed by atoms with van der Waals surface area (Å²) in [5.74, 6) is -0.0536. The second kappa shape index (κ2) is 6.39. The van der Waals surface area contributed by atoms with Crippen LogP contribution in [0.1, 0.15) is 21.5 Å². The Hall–Kier alpha value is -2.85. The largest absolute Gasteiger partial charge is 0.461 e. The summed E-state index contributed by atoms with van der Waals surface area (Å²) in [6.07, 6.45) is 5.50. The van der Waals surface area contributed by atoms with Crippen molar-refractivity contribution in [3.8, 4) is 0 Å². The third kappa shape index (κ3) is 2.77. The number of benzene rings is 2. The predicted octanol–water partition coefficient (Wildman–Crippen LogP) is 3.89. The Labute approximate surface area is 158 Å². The summed E-state index contributed by atoms with van der Waals surface area (Å²) in [4.78, 5) is 18.1. The van der Waals surface area contributed by atoms with E-state index >= 15 is 0 Å². The van der Waals surface area contributed by atoms with Crippen LogP contribution >= 0.6 is 0 Å². The number of esters is 1. The SMILES string of the molecule is CN1C[C@H](COC(=O)c2ccccc2)C=C2c3cccc4[nH]cc(c34)C[C@H]21. The van der Waals surface area contributed by atoms with Gasteiger partial charge in [0.15, 0.2) is 0 Å². The maximum Gasteiger partial charge on any atom is 0.338 e. The maximum absolute atomic E-state index is 12.3. The zero-order valence-corrected chi connectivity index (χ0v) is 15.3. The van der Waals surface area contributed by atoms with Crippen LogP contribution in [-0.2, 0) is 11.2 Å². The molecule has 1 aromatic heterocycles. The summed E-state index contributed by atoms with van der Waals surface area (Å²) < 4.78 is 5.61. The van der Waals surface area contributed by atoms with Gasteiger partial charge in [0.05, 0.1) is 12.2 Å². The van der Waals surface area contributed by atoms with Gasteiger partial charge >= 0.3 is 5.97 Å². The van der Waals surface area contributed by atoms with Crippen LogP contribution in [0.3, 0.4) is 0 Å². The summed E-state index contributed by atoms with van der Waals surface area (Å²) in [5, 5.41) is 1.34. The molecule has 2 aromatic carbocycles. The summed E-state index contributed by atoms with van der Waals surface area (Å²) in [7, 11) is 2.17. The highest BCUT2D eigenvalue weighted by Crippen LogP contribution is 2.40. The van der Waals surface area contributed by atoms with E-state index in [9.17, 15) is 4.79 Å². The number of carbonyl (C=O) groups excluding carboxylic acids is 1. The molecule has 0 saturated heterocycles. The molecule has 0 bridgehead atoms. The molecule has 2 atom stereocenters. The average molecular weight is 358 g/mol. The lowest BCUT2D eigenvalue weighted by molar-refractivity contribution is 0.0436. The minimum atomic E-state index is -0.252. The van der Waals surface area contributed by atoms with Crippen molar-refractivity contribution in [1.82, 2.24) is 9.88 Å². The lowest BCUT2D eigenvalue weighted by Gasteiger charge is -2.39. The number of nitrogens with one attached hydrogen (secondary N) is 1. The highest BCUT2D eigenvalue weighted by molar-refractivity contribution is 5.98. The minimum absolute atomic E-state index is 0.199. The Kier molecular flexibility index (Phi) is 3.87. The van der Waals surface area contributed by atoms with Gasteiger partial charge in [0.25, 0.3) is 0 Å². The number of ether oxygens (including phenoxy) is 1. The van der Waals surface area contributed by atoms with E-state index in [0.29, 0.717) is 18.2 Å². The van der Waals surface area contributed by atoms with Crippen LogP contribution in [0.5, 0.6) is 0 Å². The highest BCUT2D eigenvalue weighted by Gasteiger charge is 2.33. The van der Waals surface area contributed by atoms with E-state index in [2.05, 4.69) is 47.4 Å². The standard InChI is InChI=1S/C23H22N2O2/c1-25-13-15(14-27-23(26)16-6-3-2-4-7-16)10-19-18-8-5-9-20-22(18)17(12-24-20)11-21(19)25/h2-10,12,15,21,24H,11,13-14H2,1H3/t15-,21-/m1/s1. The van der Waals surface area contributed by atoms with Gasteiger partial charge in [-0.25, -0.2) is 4.79 Å². The van der Waals surface area contributed by atoms with Gasteiger partial charge in [0.1, 0.15) is 0 Å². The molecule has 0 radical (unpaired) electrons. The van der Waals surface area contributed by atoms with Crippen molar-refractivity contribution in [3.05, 3.63) is 77.5 Å². The molecule has 3 aromatic rings. The van der Waals surface area contributed by atoms with E-state index in [1.54, 1.807) is 12.1 Å². The van der Waals surface area contributed by atoms with Crippen molar-refractivity contribution in [2.45, 2.75) is 12.5 Å². The number of H-pyrrole nitrogens is 1. The van der Waals surface area contributed by atoms with E-state index in [-0.39, 0.29) is 11.9 Å². The van der Waals surface area contributed by atoms with Crippen molar-refractivity contribution < 1.29 is 9.53 Å². The summed E-state index contributed by atoms with van der Waals surface area (Å²) >= 11 is 0. The summed E-state index contributed by atoms with van der Waals surface area (Å²) in [5.41, 5.74) is 5.87. The van der Waals surface area contributed by atoms with Gasteiger partial charge in [0, 0.05) is 35.6 Å². The monoisotopic (exact) mass is 358 g/mol. The van der Waals surface area contributed by atoms with E-state index in [4.69, 9.17) is 4.74 Å². The molecule has 4 heteroatoms. The second-order valence-electron chi connectivity index (χ2n) is 7.55. The molecular weight excluding hydrogens is 336 g/mol. The number of hydrogen-bond acceptors (Lipinski definition) is 3. The fraction of sp³-hybridized carbons (Fsp3) is 0.261. The van der Waals surface area contributed by atoms with Crippen LogP contribution in [0.15, 0.2) is 60.8 Å². The molecule has 2 heterocycles.